The van der Waals surface area contributed by atoms with E-state index in [0.29, 0.717) is 12.0 Å². The van der Waals surface area contributed by atoms with E-state index < -0.39 is 0 Å². The number of halogens is 1. The molecule has 1 atom stereocenters. The predicted octanol–water partition coefficient (Wildman–Crippen LogP) is 4.99. The van der Waals surface area contributed by atoms with E-state index in [2.05, 4.69) is 61.0 Å². The summed E-state index contributed by atoms with van der Waals surface area (Å²) in [6.07, 6.45) is 4.20. The van der Waals surface area contributed by atoms with Gasteiger partial charge in [-0.2, -0.15) is 0 Å². The summed E-state index contributed by atoms with van der Waals surface area (Å²) in [4.78, 5) is 0. The molecule has 0 spiro atoms. The van der Waals surface area contributed by atoms with Gasteiger partial charge in [-0.3, -0.25) is 0 Å². The Morgan fingerprint density at radius 2 is 1.89 bits per heavy atom. The van der Waals surface area contributed by atoms with E-state index in [9.17, 15) is 0 Å². The second kappa shape index (κ2) is 5.75. The minimum Gasteiger partial charge on any atom is -0.366 e. The summed E-state index contributed by atoms with van der Waals surface area (Å²) in [6, 6.07) is 8.89. The highest BCUT2D eigenvalue weighted by Gasteiger charge is 2.32. The molecule has 0 radical (unpaired) electrons. The number of rotatable bonds is 5. The lowest BCUT2D eigenvalue weighted by atomic mass is 9.91. The molecule has 0 amide bonds. The Labute approximate surface area is 119 Å². The third-order valence-electron chi connectivity index (χ3n) is 3.92. The van der Waals surface area contributed by atoms with Gasteiger partial charge in [0.25, 0.3) is 0 Å². The minimum absolute atomic E-state index is 0.194. The fraction of sp³-hybridized carbons (Fsp3) is 0.625. The van der Waals surface area contributed by atoms with E-state index in [1.165, 1.54) is 30.4 Å². The van der Waals surface area contributed by atoms with E-state index in [4.69, 9.17) is 4.74 Å². The van der Waals surface area contributed by atoms with E-state index in [1.807, 2.05) is 0 Å². The van der Waals surface area contributed by atoms with Crippen LogP contribution in [0.3, 0.4) is 0 Å². The first-order valence-electron chi connectivity index (χ1n) is 6.89. The second-order valence-corrected chi connectivity index (χ2v) is 6.37. The van der Waals surface area contributed by atoms with Gasteiger partial charge in [-0.15, -0.1) is 0 Å². The zero-order valence-electron chi connectivity index (χ0n) is 11.6. The van der Waals surface area contributed by atoms with Crippen LogP contribution >= 0.6 is 15.9 Å². The summed E-state index contributed by atoms with van der Waals surface area (Å²) in [5, 5.41) is 0.845. The highest BCUT2D eigenvalue weighted by molar-refractivity contribution is 9.09. The first-order valence-corrected chi connectivity index (χ1v) is 8.01. The predicted molar refractivity (Wildman–Crippen MR) is 80.4 cm³/mol. The second-order valence-electron chi connectivity index (χ2n) is 5.81. The number of hydrogen-bond donors (Lipinski definition) is 0. The lowest BCUT2D eigenvalue weighted by Gasteiger charge is -2.37. The molecule has 0 bridgehead atoms. The molecule has 1 aliphatic carbocycles. The Kier molecular flexibility index (Phi) is 4.50. The quantitative estimate of drug-likeness (QED) is 0.696. The van der Waals surface area contributed by atoms with E-state index in [-0.39, 0.29) is 5.60 Å². The molecule has 1 saturated carbocycles. The van der Waals surface area contributed by atoms with Crippen molar-refractivity contribution in [2.24, 2.45) is 0 Å². The van der Waals surface area contributed by atoms with Crippen molar-refractivity contribution in [2.75, 3.05) is 5.33 Å². The third-order valence-corrected chi connectivity index (χ3v) is 4.99. The molecule has 1 aliphatic rings. The number of hydrogen-bond acceptors (Lipinski definition) is 1. The maximum Gasteiger partial charge on any atom is 0.100 e. The van der Waals surface area contributed by atoms with Crippen molar-refractivity contribution < 1.29 is 4.74 Å². The van der Waals surface area contributed by atoms with Crippen LogP contribution < -0.4 is 0 Å². The molecule has 1 unspecified atom stereocenters. The average Bonchev–Trinajstić information content (AvgIpc) is 2.34. The first-order chi connectivity index (χ1) is 8.55. The van der Waals surface area contributed by atoms with Crippen molar-refractivity contribution in [2.45, 2.75) is 57.7 Å². The summed E-state index contributed by atoms with van der Waals surface area (Å²) in [6.45, 7) is 6.64. The lowest BCUT2D eigenvalue weighted by molar-refractivity contribution is -0.103. The molecule has 2 rings (SSSR count). The van der Waals surface area contributed by atoms with Crippen molar-refractivity contribution >= 4 is 15.9 Å². The largest absolute Gasteiger partial charge is 0.366 e. The van der Waals surface area contributed by atoms with Crippen molar-refractivity contribution in [3.63, 3.8) is 0 Å². The van der Waals surface area contributed by atoms with Crippen molar-refractivity contribution in [3.05, 3.63) is 35.4 Å². The number of alkyl halides is 1. The maximum atomic E-state index is 6.26. The molecular formula is C16H23BrO. The Morgan fingerprint density at radius 3 is 2.28 bits per heavy atom. The van der Waals surface area contributed by atoms with Gasteiger partial charge in [0.15, 0.2) is 0 Å². The standard InChI is InChI=1S/C16H23BrO/c1-12(2)13-7-9-14(10-8-13)16(3,11-17)18-15-5-4-6-15/h7-10,12,15H,4-6,11H2,1-3H3. The van der Waals surface area contributed by atoms with E-state index in [0.717, 1.165) is 5.33 Å². The zero-order chi connectivity index (χ0) is 13.2. The topological polar surface area (TPSA) is 9.23 Å². The molecule has 0 heterocycles. The molecule has 1 aromatic rings. The number of benzene rings is 1. The van der Waals surface area contributed by atoms with Gasteiger partial charge in [-0.05, 0) is 43.2 Å². The summed E-state index contributed by atoms with van der Waals surface area (Å²) < 4.78 is 6.26. The Balaban J connectivity index is 2.14. The Morgan fingerprint density at radius 1 is 1.28 bits per heavy atom. The van der Waals surface area contributed by atoms with Gasteiger partial charge < -0.3 is 4.74 Å². The van der Waals surface area contributed by atoms with Gasteiger partial charge in [0.05, 0.1) is 6.10 Å². The van der Waals surface area contributed by atoms with E-state index in [1.54, 1.807) is 0 Å². The summed E-state index contributed by atoms with van der Waals surface area (Å²) in [5.74, 6) is 0.585. The molecule has 0 aromatic heterocycles. The summed E-state index contributed by atoms with van der Waals surface area (Å²) >= 11 is 3.61. The van der Waals surface area contributed by atoms with Crippen LogP contribution in [0.4, 0.5) is 0 Å². The smallest absolute Gasteiger partial charge is 0.100 e. The Bertz CT molecular complexity index is 381. The van der Waals surface area contributed by atoms with Crippen LogP contribution in [0.2, 0.25) is 0 Å². The SMILES string of the molecule is CC(C)c1ccc(C(C)(CBr)OC2CCC2)cc1. The first kappa shape index (κ1) is 14.1. The molecule has 100 valence electrons. The average molecular weight is 311 g/mol. The van der Waals surface area contributed by atoms with Gasteiger partial charge in [0.2, 0.25) is 0 Å². The molecule has 1 nitrogen and oxygen atoms in total. The van der Waals surface area contributed by atoms with Gasteiger partial charge in [-0.25, -0.2) is 0 Å². The van der Waals surface area contributed by atoms with Crippen LogP contribution in [-0.4, -0.2) is 11.4 Å². The van der Waals surface area contributed by atoms with Crippen LogP contribution in [0.15, 0.2) is 24.3 Å². The highest BCUT2D eigenvalue weighted by atomic mass is 79.9. The fourth-order valence-electron chi connectivity index (χ4n) is 2.25. The molecular weight excluding hydrogens is 288 g/mol. The molecule has 2 heteroatoms. The minimum atomic E-state index is -0.194. The molecule has 1 aromatic carbocycles. The van der Waals surface area contributed by atoms with Gasteiger partial charge in [0, 0.05) is 5.33 Å². The molecule has 0 saturated heterocycles. The fourth-order valence-corrected chi connectivity index (χ4v) is 2.71. The molecule has 0 aliphatic heterocycles. The maximum absolute atomic E-state index is 6.26. The van der Waals surface area contributed by atoms with Gasteiger partial charge in [-0.1, -0.05) is 54.0 Å². The summed E-state index contributed by atoms with van der Waals surface area (Å²) in [5.41, 5.74) is 2.47. The molecule has 1 fully saturated rings. The van der Waals surface area contributed by atoms with Crippen LogP contribution in [0, 0.1) is 0 Å². The Hall–Kier alpha value is -0.340. The normalized spacial score (nSPS) is 19.6. The van der Waals surface area contributed by atoms with Gasteiger partial charge >= 0.3 is 0 Å². The van der Waals surface area contributed by atoms with Gasteiger partial charge in [0.1, 0.15) is 5.60 Å². The highest BCUT2D eigenvalue weighted by Crippen LogP contribution is 2.35. The lowest BCUT2D eigenvalue weighted by Crippen LogP contribution is -2.36. The van der Waals surface area contributed by atoms with Crippen molar-refractivity contribution in [1.82, 2.24) is 0 Å². The van der Waals surface area contributed by atoms with Crippen LogP contribution in [0.25, 0.3) is 0 Å². The van der Waals surface area contributed by atoms with Crippen molar-refractivity contribution in [1.29, 1.82) is 0 Å². The van der Waals surface area contributed by atoms with Crippen LogP contribution in [-0.2, 0) is 10.3 Å². The monoisotopic (exact) mass is 310 g/mol. The molecule has 0 N–H and O–H groups in total. The van der Waals surface area contributed by atoms with Crippen molar-refractivity contribution in [3.8, 4) is 0 Å². The zero-order valence-corrected chi connectivity index (χ0v) is 13.2. The van der Waals surface area contributed by atoms with Crippen LogP contribution in [0.5, 0.6) is 0 Å². The van der Waals surface area contributed by atoms with E-state index >= 15 is 0 Å². The number of ether oxygens (including phenoxy) is 1. The summed E-state index contributed by atoms with van der Waals surface area (Å²) in [7, 11) is 0. The molecule has 18 heavy (non-hydrogen) atoms. The third kappa shape index (κ3) is 2.97. The van der Waals surface area contributed by atoms with Crippen LogP contribution in [0.1, 0.15) is 57.1 Å².